The first-order valence-electron chi connectivity index (χ1n) is 11.5. The van der Waals surface area contributed by atoms with Crippen molar-refractivity contribution in [1.29, 1.82) is 0 Å². The maximum atomic E-state index is 13.0. The number of thioether (sulfide) groups is 1. The molecule has 9 heteroatoms. The van der Waals surface area contributed by atoms with Crippen molar-refractivity contribution in [3.8, 4) is 0 Å². The number of carbonyl (C=O) groups is 2. The van der Waals surface area contributed by atoms with Crippen LogP contribution in [0.15, 0.2) is 102 Å². The van der Waals surface area contributed by atoms with E-state index < -0.39 is 22.8 Å². The number of nitrogens with zero attached hydrogens (tertiary/aromatic N) is 2. The highest BCUT2D eigenvalue weighted by molar-refractivity contribution is 7.98. The second kappa shape index (κ2) is 12.5. The molecule has 0 radical (unpaired) electrons. The molecule has 0 saturated heterocycles. The van der Waals surface area contributed by atoms with E-state index in [0.717, 1.165) is 21.9 Å². The van der Waals surface area contributed by atoms with Gasteiger partial charge in [-0.3, -0.25) is 19.7 Å². The molecule has 0 aliphatic heterocycles. The predicted octanol–water partition coefficient (Wildman–Crippen LogP) is 4.93. The number of nitro groups is 1. The number of nitrogens with one attached hydrogen (secondary N) is 2. The van der Waals surface area contributed by atoms with Gasteiger partial charge in [-0.15, -0.1) is 0 Å². The van der Waals surface area contributed by atoms with Gasteiger partial charge in [0.25, 0.3) is 17.5 Å². The molecule has 37 heavy (non-hydrogen) atoms. The molecule has 4 aromatic rings. The van der Waals surface area contributed by atoms with Crippen LogP contribution in [0, 0.1) is 10.1 Å². The first kappa shape index (κ1) is 25.6. The average Bonchev–Trinajstić information content (AvgIpc) is 2.93. The fourth-order valence-electron chi connectivity index (χ4n) is 3.63. The van der Waals surface area contributed by atoms with Gasteiger partial charge in [-0.1, -0.05) is 72.8 Å². The summed E-state index contributed by atoms with van der Waals surface area (Å²) in [5.41, 5.74) is 4.59. The highest BCUT2D eigenvalue weighted by atomic mass is 32.2. The Morgan fingerprint density at radius 2 is 1.62 bits per heavy atom. The summed E-state index contributed by atoms with van der Waals surface area (Å²) in [6, 6.07) is 27.8. The second-order valence-corrected chi connectivity index (χ2v) is 9.16. The van der Waals surface area contributed by atoms with Gasteiger partial charge in [0.2, 0.25) is 0 Å². The van der Waals surface area contributed by atoms with Crippen LogP contribution in [0.1, 0.15) is 21.5 Å². The molecular weight excluding hydrogens is 488 g/mol. The Morgan fingerprint density at radius 3 is 2.38 bits per heavy atom. The van der Waals surface area contributed by atoms with E-state index in [1.165, 1.54) is 36.0 Å². The summed E-state index contributed by atoms with van der Waals surface area (Å²) in [6.07, 6.45) is 1.58. The molecule has 8 nitrogen and oxygen atoms in total. The Morgan fingerprint density at radius 1 is 0.919 bits per heavy atom. The molecule has 1 atom stereocenters. The van der Waals surface area contributed by atoms with E-state index in [0.29, 0.717) is 11.5 Å². The SMILES string of the molecule is O=C(NC(CSCc1ccccc1)C(=O)NN=Cc1cccc2ccccc12)c1ccc([N+](=O)[O-])cc1. The minimum atomic E-state index is -0.874. The lowest BCUT2D eigenvalue weighted by atomic mass is 10.1. The van der Waals surface area contributed by atoms with Gasteiger partial charge in [0.15, 0.2) is 0 Å². The van der Waals surface area contributed by atoms with E-state index in [2.05, 4.69) is 15.8 Å². The molecule has 186 valence electrons. The summed E-state index contributed by atoms with van der Waals surface area (Å²) in [7, 11) is 0. The first-order chi connectivity index (χ1) is 18.0. The molecule has 4 aromatic carbocycles. The number of non-ortho nitro benzene ring substituents is 1. The third-order valence-electron chi connectivity index (χ3n) is 5.56. The summed E-state index contributed by atoms with van der Waals surface area (Å²) >= 11 is 1.50. The third-order valence-corrected chi connectivity index (χ3v) is 6.67. The number of fused-ring (bicyclic) bond motifs is 1. The van der Waals surface area contributed by atoms with Gasteiger partial charge < -0.3 is 5.32 Å². The Bertz CT molecular complexity index is 1420. The van der Waals surface area contributed by atoms with E-state index in [1.54, 1.807) is 6.21 Å². The van der Waals surface area contributed by atoms with E-state index >= 15 is 0 Å². The quantitative estimate of drug-likeness (QED) is 0.178. The lowest BCUT2D eigenvalue weighted by Crippen LogP contribution is -2.47. The zero-order valence-electron chi connectivity index (χ0n) is 19.7. The van der Waals surface area contributed by atoms with Gasteiger partial charge in [-0.2, -0.15) is 16.9 Å². The van der Waals surface area contributed by atoms with E-state index in [9.17, 15) is 19.7 Å². The third kappa shape index (κ3) is 7.02. The van der Waals surface area contributed by atoms with Crippen LogP contribution in [0.5, 0.6) is 0 Å². The van der Waals surface area contributed by atoms with Gasteiger partial charge in [-0.05, 0) is 28.5 Å². The normalized spacial score (nSPS) is 11.8. The fourth-order valence-corrected chi connectivity index (χ4v) is 4.65. The maximum absolute atomic E-state index is 13.0. The van der Waals surface area contributed by atoms with Crippen molar-refractivity contribution < 1.29 is 14.5 Å². The molecule has 0 fully saturated rings. The van der Waals surface area contributed by atoms with E-state index in [4.69, 9.17) is 0 Å². The van der Waals surface area contributed by atoms with Crippen LogP contribution in [0.2, 0.25) is 0 Å². The largest absolute Gasteiger partial charge is 0.339 e. The average molecular weight is 513 g/mol. The molecule has 0 aliphatic rings. The zero-order valence-corrected chi connectivity index (χ0v) is 20.6. The van der Waals surface area contributed by atoms with Crippen molar-refractivity contribution in [1.82, 2.24) is 10.7 Å². The standard InChI is InChI=1S/C28H24N4O4S/c33-27(22-13-15-24(16-14-22)32(35)36)30-26(19-37-18-20-7-2-1-3-8-20)28(34)31-29-17-23-11-6-10-21-9-4-5-12-25(21)23/h1-17,26H,18-19H2,(H,30,33)(H,31,34). The van der Waals surface area contributed by atoms with E-state index in [1.807, 2.05) is 72.8 Å². The van der Waals surface area contributed by atoms with Gasteiger partial charge in [-0.25, -0.2) is 5.43 Å². The molecular formula is C28H24N4O4S. The molecule has 0 bridgehead atoms. The summed E-state index contributed by atoms with van der Waals surface area (Å²) in [4.78, 5) is 36.2. The highest BCUT2D eigenvalue weighted by Crippen LogP contribution is 2.17. The number of nitro benzene ring substituents is 1. The van der Waals surface area contributed by atoms with Crippen molar-refractivity contribution in [3.05, 3.63) is 124 Å². The molecule has 0 spiro atoms. The minimum absolute atomic E-state index is 0.118. The number of carbonyl (C=O) groups excluding carboxylic acids is 2. The van der Waals surface area contributed by atoms with Gasteiger partial charge in [0.1, 0.15) is 6.04 Å². The molecule has 2 amide bonds. The topological polar surface area (TPSA) is 114 Å². The van der Waals surface area contributed by atoms with Crippen LogP contribution >= 0.6 is 11.8 Å². The van der Waals surface area contributed by atoms with Crippen molar-refractivity contribution in [2.24, 2.45) is 5.10 Å². The van der Waals surface area contributed by atoms with Crippen molar-refractivity contribution in [3.63, 3.8) is 0 Å². The van der Waals surface area contributed by atoms with Crippen molar-refractivity contribution in [2.75, 3.05) is 5.75 Å². The van der Waals surface area contributed by atoms with E-state index in [-0.39, 0.29) is 11.3 Å². The van der Waals surface area contributed by atoms with Crippen LogP contribution in [-0.2, 0) is 10.5 Å². The highest BCUT2D eigenvalue weighted by Gasteiger charge is 2.22. The molecule has 0 saturated carbocycles. The van der Waals surface area contributed by atoms with Crippen LogP contribution in [0.4, 0.5) is 5.69 Å². The number of benzene rings is 4. The summed E-state index contributed by atoms with van der Waals surface area (Å²) < 4.78 is 0. The lowest BCUT2D eigenvalue weighted by Gasteiger charge is -2.17. The summed E-state index contributed by atoms with van der Waals surface area (Å²) in [6.45, 7) is 0. The lowest BCUT2D eigenvalue weighted by molar-refractivity contribution is -0.384. The Hall–Kier alpha value is -4.50. The molecule has 1 unspecified atom stereocenters. The molecule has 0 heterocycles. The first-order valence-corrected chi connectivity index (χ1v) is 12.6. The Kier molecular flexibility index (Phi) is 8.62. The number of hydrogen-bond donors (Lipinski definition) is 2. The van der Waals surface area contributed by atoms with Crippen LogP contribution in [-0.4, -0.2) is 34.7 Å². The Labute approximate surface area is 217 Å². The summed E-state index contributed by atoms with van der Waals surface area (Å²) in [5.74, 6) is 0.00118. The van der Waals surface area contributed by atoms with Gasteiger partial charge >= 0.3 is 0 Å². The molecule has 0 aromatic heterocycles. The van der Waals surface area contributed by atoms with Crippen LogP contribution < -0.4 is 10.7 Å². The second-order valence-electron chi connectivity index (χ2n) is 8.13. The smallest absolute Gasteiger partial charge is 0.269 e. The minimum Gasteiger partial charge on any atom is -0.339 e. The molecule has 0 aliphatic carbocycles. The monoisotopic (exact) mass is 512 g/mol. The zero-order chi connectivity index (χ0) is 26.0. The number of hydrazone groups is 1. The summed E-state index contributed by atoms with van der Waals surface area (Å²) in [5, 5.41) is 19.8. The molecule has 2 N–H and O–H groups in total. The van der Waals surface area contributed by atoms with Gasteiger partial charge in [0.05, 0.1) is 11.1 Å². The number of rotatable bonds is 10. The Balaban J connectivity index is 1.45. The van der Waals surface area contributed by atoms with Crippen LogP contribution in [0.3, 0.4) is 0 Å². The van der Waals surface area contributed by atoms with Crippen molar-refractivity contribution >= 4 is 46.3 Å². The number of amides is 2. The van der Waals surface area contributed by atoms with Crippen LogP contribution in [0.25, 0.3) is 10.8 Å². The number of hydrogen-bond acceptors (Lipinski definition) is 6. The maximum Gasteiger partial charge on any atom is 0.269 e. The molecule has 4 rings (SSSR count). The van der Waals surface area contributed by atoms with Crippen molar-refractivity contribution in [2.45, 2.75) is 11.8 Å². The predicted molar refractivity (Wildman–Crippen MR) is 147 cm³/mol. The fraction of sp³-hybridized carbons (Fsp3) is 0.107. The van der Waals surface area contributed by atoms with Gasteiger partial charge in [0, 0.05) is 34.8 Å².